The fraction of sp³-hybridized carbons (Fsp3) is 0.333. The lowest BCUT2D eigenvalue weighted by molar-refractivity contribution is -0.124. The van der Waals surface area contributed by atoms with Crippen molar-refractivity contribution in [1.29, 1.82) is 0 Å². The van der Waals surface area contributed by atoms with E-state index in [1.807, 2.05) is 0 Å². The zero-order valence-electron chi connectivity index (χ0n) is 9.37. The van der Waals surface area contributed by atoms with Crippen molar-refractivity contribution in [2.45, 2.75) is 12.8 Å². The van der Waals surface area contributed by atoms with E-state index in [1.54, 1.807) is 23.2 Å². The minimum atomic E-state index is -0.0976. The number of amides is 1. The number of carbonyl (C=O) groups is 2. The Kier molecular flexibility index (Phi) is 3.39. The van der Waals surface area contributed by atoms with Gasteiger partial charge in [0.2, 0.25) is 5.91 Å². The Labute approximate surface area is 99.2 Å². The van der Waals surface area contributed by atoms with Crippen molar-refractivity contribution >= 4 is 17.9 Å². The van der Waals surface area contributed by atoms with Gasteiger partial charge in [0.05, 0.1) is 6.54 Å². The zero-order chi connectivity index (χ0) is 12.3. The highest BCUT2D eigenvalue weighted by molar-refractivity contribution is 5.94. The quantitative estimate of drug-likeness (QED) is 0.790. The van der Waals surface area contributed by atoms with Gasteiger partial charge < -0.3 is 9.90 Å². The van der Waals surface area contributed by atoms with E-state index in [-0.39, 0.29) is 18.2 Å². The summed E-state index contributed by atoms with van der Waals surface area (Å²) < 4.78 is 0. The summed E-state index contributed by atoms with van der Waals surface area (Å²) in [5.74, 6) is -0.0572. The molecule has 5 nitrogen and oxygen atoms in total. The molecule has 1 aromatic rings. The van der Waals surface area contributed by atoms with Gasteiger partial charge in [-0.1, -0.05) is 12.1 Å². The third-order valence-electron chi connectivity index (χ3n) is 2.72. The molecule has 5 heteroatoms. The predicted molar refractivity (Wildman–Crippen MR) is 62.5 cm³/mol. The van der Waals surface area contributed by atoms with Gasteiger partial charge >= 0.3 is 0 Å². The number of phenolic OH excluding ortho intramolecular Hbond substituents is 1. The number of nitrogens with zero attached hydrogens (tertiary/aromatic N) is 2. The van der Waals surface area contributed by atoms with Crippen LogP contribution in [0, 0.1) is 0 Å². The van der Waals surface area contributed by atoms with Gasteiger partial charge in [-0.2, -0.15) is 0 Å². The van der Waals surface area contributed by atoms with Gasteiger partial charge in [-0.05, 0) is 18.6 Å². The first-order valence-electron chi connectivity index (χ1n) is 5.53. The van der Waals surface area contributed by atoms with Crippen LogP contribution in [0.5, 0.6) is 5.75 Å². The Hall–Kier alpha value is -1.88. The van der Waals surface area contributed by atoms with Gasteiger partial charge in [0.25, 0.3) is 0 Å². The van der Waals surface area contributed by atoms with Crippen LogP contribution in [0.4, 0.5) is 5.69 Å². The maximum Gasteiger partial charge on any atom is 0.241 e. The average molecular weight is 234 g/mol. The van der Waals surface area contributed by atoms with Gasteiger partial charge in [-0.15, -0.1) is 0 Å². The molecule has 1 heterocycles. The van der Waals surface area contributed by atoms with Crippen LogP contribution in [0.15, 0.2) is 24.3 Å². The molecule has 1 saturated heterocycles. The molecule has 1 N–H and O–H groups in total. The number of benzene rings is 1. The van der Waals surface area contributed by atoms with E-state index in [2.05, 4.69) is 0 Å². The van der Waals surface area contributed by atoms with Crippen molar-refractivity contribution in [2.24, 2.45) is 0 Å². The van der Waals surface area contributed by atoms with Crippen LogP contribution >= 0.6 is 0 Å². The van der Waals surface area contributed by atoms with Crippen LogP contribution in [0.25, 0.3) is 0 Å². The Balaban J connectivity index is 2.34. The number of hydrogen-bond donors (Lipinski definition) is 1. The normalized spacial score (nSPS) is 17.2. The number of aromatic hydroxyl groups is 1. The molecule has 1 aromatic carbocycles. The summed E-state index contributed by atoms with van der Waals surface area (Å²) in [5, 5.41) is 12.8. The van der Waals surface area contributed by atoms with Gasteiger partial charge in [0.15, 0.2) is 0 Å². The highest BCUT2D eigenvalue weighted by Gasteiger charge is 2.28. The summed E-state index contributed by atoms with van der Waals surface area (Å²) in [6.07, 6.45) is 1.92. The smallest absolute Gasteiger partial charge is 0.241 e. The van der Waals surface area contributed by atoms with Gasteiger partial charge in [0, 0.05) is 13.0 Å². The number of para-hydroxylation sites is 2. The van der Waals surface area contributed by atoms with Gasteiger partial charge in [0.1, 0.15) is 17.7 Å². The zero-order valence-corrected chi connectivity index (χ0v) is 9.37. The number of rotatable bonds is 3. The van der Waals surface area contributed by atoms with E-state index >= 15 is 0 Å². The molecule has 0 saturated carbocycles. The van der Waals surface area contributed by atoms with Crippen LogP contribution in [0.3, 0.4) is 0 Å². The minimum absolute atomic E-state index is 0.0404. The summed E-state index contributed by atoms with van der Waals surface area (Å²) in [7, 11) is 0. The minimum Gasteiger partial charge on any atom is -0.506 e. The molecule has 1 amide bonds. The Morgan fingerprint density at radius 1 is 1.35 bits per heavy atom. The third-order valence-corrected chi connectivity index (χ3v) is 2.72. The molecule has 1 aliphatic heterocycles. The molecule has 0 radical (unpaired) electrons. The number of aldehydes is 1. The molecule has 0 aliphatic carbocycles. The second-order valence-electron chi connectivity index (χ2n) is 3.88. The van der Waals surface area contributed by atoms with Crippen molar-refractivity contribution in [3.8, 4) is 5.75 Å². The molecule has 2 rings (SSSR count). The van der Waals surface area contributed by atoms with Crippen LogP contribution < -0.4 is 5.01 Å². The first-order chi connectivity index (χ1) is 8.24. The van der Waals surface area contributed by atoms with Crippen LogP contribution in [-0.2, 0) is 9.59 Å². The average Bonchev–Trinajstić information content (AvgIpc) is 2.31. The van der Waals surface area contributed by atoms with E-state index in [0.29, 0.717) is 18.7 Å². The summed E-state index contributed by atoms with van der Waals surface area (Å²) >= 11 is 0. The third kappa shape index (κ3) is 2.29. The Bertz CT molecular complexity index is 434. The summed E-state index contributed by atoms with van der Waals surface area (Å²) in [5.41, 5.74) is 0.430. The fourth-order valence-corrected chi connectivity index (χ4v) is 1.97. The first-order valence-corrected chi connectivity index (χ1v) is 5.53. The topological polar surface area (TPSA) is 60.9 Å². The van der Waals surface area contributed by atoms with Crippen molar-refractivity contribution < 1.29 is 14.7 Å². The summed E-state index contributed by atoms with van der Waals surface area (Å²) in [6.45, 7) is 0.791. The summed E-state index contributed by atoms with van der Waals surface area (Å²) in [6, 6.07) is 6.63. The predicted octanol–water partition coefficient (Wildman–Crippen LogP) is 0.935. The first kappa shape index (κ1) is 11.6. The summed E-state index contributed by atoms with van der Waals surface area (Å²) in [4.78, 5) is 22.5. The molecule has 1 aliphatic rings. The van der Waals surface area contributed by atoms with Crippen molar-refractivity contribution in [1.82, 2.24) is 5.01 Å². The Morgan fingerprint density at radius 2 is 2.12 bits per heavy atom. The number of hydrazine groups is 1. The number of carbonyl (C=O) groups excluding carboxylic acids is 2. The maximum absolute atomic E-state index is 11.9. The largest absolute Gasteiger partial charge is 0.506 e. The van der Waals surface area contributed by atoms with Crippen molar-refractivity contribution in [2.75, 3.05) is 18.1 Å². The standard InChI is InChI=1S/C12H14N2O3/c15-9-8-13-7-3-6-12(17)14(13)10-4-1-2-5-11(10)16/h1-2,4-5,9,16H,3,6-8H2. The van der Waals surface area contributed by atoms with E-state index < -0.39 is 0 Å². The second-order valence-corrected chi connectivity index (χ2v) is 3.88. The molecule has 90 valence electrons. The fourth-order valence-electron chi connectivity index (χ4n) is 1.97. The number of anilines is 1. The molecule has 0 bridgehead atoms. The lowest BCUT2D eigenvalue weighted by Crippen LogP contribution is -2.51. The van der Waals surface area contributed by atoms with Crippen LogP contribution in [0.1, 0.15) is 12.8 Å². The molecule has 0 atom stereocenters. The molecule has 17 heavy (non-hydrogen) atoms. The lowest BCUT2D eigenvalue weighted by atomic mass is 10.2. The van der Waals surface area contributed by atoms with E-state index in [0.717, 1.165) is 12.7 Å². The highest BCUT2D eigenvalue weighted by atomic mass is 16.3. The number of phenols is 1. The van der Waals surface area contributed by atoms with Crippen LogP contribution in [0.2, 0.25) is 0 Å². The maximum atomic E-state index is 11.9. The molecule has 0 spiro atoms. The van der Waals surface area contributed by atoms with Gasteiger partial charge in [-0.3, -0.25) is 4.79 Å². The van der Waals surface area contributed by atoms with E-state index in [9.17, 15) is 14.7 Å². The number of hydrogen-bond acceptors (Lipinski definition) is 4. The molecular weight excluding hydrogens is 220 g/mol. The lowest BCUT2D eigenvalue weighted by Gasteiger charge is -2.37. The molecular formula is C12H14N2O3. The van der Waals surface area contributed by atoms with Crippen LogP contribution in [-0.4, -0.2) is 35.4 Å². The van der Waals surface area contributed by atoms with E-state index in [4.69, 9.17) is 0 Å². The monoisotopic (exact) mass is 234 g/mol. The van der Waals surface area contributed by atoms with Crippen molar-refractivity contribution in [3.05, 3.63) is 24.3 Å². The van der Waals surface area contributed by atoms with Crippen molar-refractivity contribution in [3.63, 3.8) is 0 Å². The molecule has 0 aromatic heterocycles. The second kappa shape index (κ2) is 4.97. The SMILES string of the molecule is O=CCN1CCCC(=O)N1c1ccccc1O. The highest BCUT2D eigenvalue weighted by Crippen LogP contribution is 2.30. The molecule has 1 fully saturated rings. The van der Waals surface area contributed by atoms with Gasteiger partial charge in [-0.25, -0.2) is 10.0 Å². The Morgan fingerprint density at radius 3 is 2.82 bits per heavy atom. The molecule has 0 unspecified atom stereocenters. The van der Waals surface area contributed by atoms with E-state index in [1.165, 1.54) is 11.1 Å².